The van der Waals surface area contributed by atoms with Crippen molar-refractivity contribution in [3.8, 4) is 5.69 Å². The van der Waals surface area contributed by atoms with E-state index in [1.165, 1.54) is 0 Å². The molecule has 2 heterocycles. The highest BCUT2D eigenvalue weighted by atomic mass is 35.5. The monoisotopic (exact) mass is 333 g/mol. The number of likely N-dealkylation sites (tertiary alicyclic amines) is 1. The van der Waals surface area contributed by atoms with Gasteiger partial charge in [0, 0.05) is 30.9 Å². The normalized spacial score (nSPS) is 18.2. The average Bonchev–Trinajstić information content (AvgIpc) is 3.05. The Balaban J connectivity index is 1.73. The van der Waals surface area contributed by atoms with Gasteiger partial charge in [-0.2, -0.15) is 5.10 Å². The smallest absolute Gasteiger partial charge is 0.257 e. The predicted octanol–water partition coefficient (Wildman–Crippen LogP) is 3.17. The van der Waals surface area contributed by atoms with Gasteiger partial charge in [0.1, 0.15) is 0 Å². The SMILES string of the molecule is CCOC1CCCN(C(=O)c2cnn(-c3cccc(Cl)c3)c2)C1. The summed E-state index contributed by atoms with van der Waals surface area (Å²) in [7, 11) is 0. The van der Waals surface area contributed by atoms with Crippen molar-refractivity contribution in [2.45, 2.75) is 25.9 Å². The molecule has 23 heavy (non-hydrogen) atoms. The van der Waals surface area contributed by atoms with Crippen LogP contribution in [0.4, 0.5) is 0 Å². The molecule has 0 aliphatic carbocycles. The molecule has 3 rings (SSSR count). The third-order valence-corrected chi connectivity index (χ3v) is 4.21. The number of carbonyl (C=O) groups is 1. The fourth-order valence-corrected chi connectivity index (χ4v) is 3.05. The zero-order valence-corrected chi connectivity index (χ0v) is 13.9. The van der Waals surface area contributed by atoms with Crippen LogP contribution in [0.2, 0.25) is 5.02 Å². The summed E-state index contributed by atoms with van der Waals surface area (Å²) < 4.78 is 7.33. The van der Waals surface area contributed by atoms with Crippen molar-refractivity contribution >= 4 is 17.5 Å². The lowest BCUT2D eigenvalue weighted by Gasteiger charge is -2.32. The quantitative estimate of drug-likeness (QED) is 0.863. The first-order valence-electron chi connectivity index (χ1n) is 7.89. The number of carbonyl (C=O) groups excluding carboxylic acids is 1. The van der Waals surface area contributed by atoms with Gasteiger partial charge in [0.05, 0.1) is 23.6 Å². The van der Waals surface area contributed by atoms with E-state index in [0.29, 0.717) is 23.7 Å². The Morgan fingerprint density at radius 1 is 1.48 bits per heavy atom. The molecule has 1 aliphatic rings. The van der Waals surface area contributed by atoms with Crippen molar-refractivity contribution in [2.24, 2.45) is 0 Å². The maximum absolute atomic E-state index is 12.7. The number of amides is 1. The summed E-state index contributed by atoms with van der Waals surface area (Å²) in [5.41, 5.74) is 1.42. The molecule has 1 amide bonds. The van der Waals surface area contributed by atoms with E-state index in [1.54, 1.807) is 17.1 Å². The van der Waals surface area contributed by atoms with Gasteiger partial charge >= 0.3 is 0 Å². The van der Waals surface area contributed by atoms with E-state index < -0.39 is 0 Å². The van der Waals surface area contributed by atoms with Crippen LogP contribution in [-0.2, 0) is 4.74 Å². The van der Waals surface area contributed by atoms with Gasteiger partial charge in [-0.25, -0.2) is 4.68 Å². The Hall–Kier alpha value is -1.85. The molecule has 0 radical (unpaired) electrons. The predicted molar refractivity (Wildman–Crippen MR) is 89.1 cm³/mol. The Kier molecular flexibility index (Phi) is 4.98. The van der Waals surface area contributed by atoms with Crippen LogP contribution in [0, 0.1) is 0 Å². The lowest BCUT2D eigenvalue weighted by molar-refractivity contribution is 0.00724. The van der Waals surface area contributed by atoms with Gasteiger partial charge in [-0.05, 0) is 38.0 Å². The standard InChI is InChI=1S/C17H20ClN3O2/c1-2-23-16-7-4-8-20(12-16)17(22)13-10-19-21(11-13)15-6-3-5-14(18)9-15/h3,5-6,9-11,16H,2,4,7-8,12H2,1H3. The maximum atomic E-state index is 12.7. The molecule has 1 unspecified atom stereocenters. The number of nitrogens with zero attached hydrogens (tertiary/aromatic N) is 3. The van der Waals surface area contributed by atoms with Crippen molar-refractivity contribution in [1.82, 2.24) is 14.7 Å². The summed E-state index contributed by atoms with van der Waals surface area (Å²) in [5, 5.41) is 4.92. The number of ether oxygens (including phenoxy) is 1. The minimum Gasteiger partial charge on any atom is -0.377 e. The van der Waals surface area contributed by atoms with Crippen LogP contribution < -0.4 is 0 Å². The molecule has 1 fully saturated rings. The van der Waals surface area contributed by atoms with Crippen molar-refractivity contribution in [1.29, 1.82) is 0 Å². The third-order valence-electron chi connectivity index (χ3n) is 3.97. The molecular weight excluding hydrogens is 314 g/mol. The van der Waals surface area contributed by atoms with Crippen LogP contribution >= 0.6 is 11.6 Å². The Labute approximate surface area is 140 Å². The molecule has 1 saturated heterocycles. The highest BCUT2D eigenvalue weighted by Gasteiger charge is 2.25. The fraction of sp³-hybridized carbons (Fsp3) is 0.412. The lowest BCUT2D eigenvalue weighted by atomic mass is 10.1. The van der Waals surface area contributed by atoms with Crippen LogP contribution in [-0.4, -0.2) is 46.4 Å². The van der Waals surface area contributed by atoms with Gasteiger partial charge in [0.2, 0.25) is 0 Å². The van der Waals surface area contributed by atoms with E-state index in [1.807, 2.05) is 36.1 Å². The van der Waals surface area contributed by atoms with Gasteiger partial charge in [-0.1, -0.05) is 17.7 Å². The zero-order valence-electron chi connectivity index (χ0n) is 13.1. The molecule has 0 bridgehead atoms. The molecule has 6 heteroatoms. The van der Waals surface area contributed by atoms with Crippen LogP contribution in [0.3, 0.4) is 0 Å². The van der Waals surface area contributed by atoms with Gasteiger partial charge in [0.15, 0.2) is 0 Å². The molecule has 5 nitrogen and oxygen atoms in total. The second-order valence-corrected chi connectivity index (χ2v) is 6.06. The van der Waals surface area contributed by atoms with Gasteiger partial charge in [-0.3, -0.25) is 4.79 Å². The van der Waals surface area contributed by atoms with E-state index in [4.69, 9.17) is 16.3 Å². The summed E-state index contributed by atoms with van der Waals surface area (Å²) in [6, 6.07) is 7.38. The molecule has 2 aromatic rings. The molecule has 1 aromatic heterocycles. The fourth-order valence-electron chi connectivity index (χ4n) is 2.87. The Bertz CT molecular complexity index is 684. The summed E-state index contributed by atoms with van der Waals surface area (Å²) >= 11 is 6.00. The first-order valence-corrected chi connectivity index (χ1v) is 8.26. The molecular formula is C17H20ClN3O2. The number of rotatable bonds is 4. The largest absolute Gasteiger partial charge is 0.377 e. The molecule has 0 saturated carbocycles. The molecule has 0 spiro atoms. The molecule has 1 atom stereocenters. The number of piperidine rings is 1. The topological polar surface area (TPSA) is 47.4 Å². The van der Waals surface area contributed by atoms with E-state index in [-0.39, 0.29) is 12.0 Å². The van der Waals surface area contributed by atoms with Crippen LogP contribution in [0.15, 0.2) is 36.7 Å². The number of benzene rings is 1. The van der Waals surface area contributed by atoms with E-state index in [2.05, 4.69) is 5.10 Å². The van der Waals surface area contributed by atoms with E-state index >= 15 is 0 Å². The first kappa shape index (κ1) is 16.0. The highest BCUT2D eigenvalue weighted by molar-refractivity contribution is 6.30. The van der Waals surface area contributed by atoms with Crippen LogP contribution in [0.5, 0.6) is 0 Å². The van der Waals surface area contributed by atoms with Crippen LogP contribution in [0.25, 0.3) is 5.69 Å². The first-order chi connectivity index (χ1) is 11.2. The molecule has 122 valence electrons. The van der Waals surface area contributed by atoms with E-state index in [0.717, 1.165) is 25.1 Å². The van der Waals surface area contributed by atoms with E-state index in [9.17, 15) is 4.79 Å². The lowest BCUT2D eigenvalue weighted by Crippen LogP contribution is -2.43. The minimum absolute atomic E-state index is 0.00248. The second-order valence-electron chi connectivity index (χ2n) is 5.62. The van der Waals surface area contributed by atoms with Crippen molar-refractivity contribution in [3.05, 3.63) is 47.2 Å². The number of halogens is 1. The van der Waals surface area contributed by atoms with Crippen molar-refractivity contribution in [3.63, 3.8) is 0 Å². The maximum Gasteiger partial charge on any atom is 0.257 e. The van der Waals surface area contributed by atoms with Crippen LogP contribution in [0.1, 0.15) is 30.1 Å². The molecule has 0 N–H and O–H groups in total. The Morgan fingerprint density at radius 3 is 3.13 bits per heavy atom. The summed E-state index contributed by atoms with van der Waals surface area (Å²) in [6.07, 6.45) is 5.48. The molecule has 1 aromatic carbocycles. The number of hydrogen-bond donors (Lipinski definition) is 0. The van der Waals surface area contributed by atoms with Crippen molar-refractivity contribution < 1.29 is 9.53 Å². The average molecular weight is 334 g/mol. The summed E-state index contributed by atoms with van der Waals surface area (Å²) in [5.74, 6) is 0.00248. The third kappa shape index (κ3) is 3.74. The summed E-state index contributed by atoms with van der Waals surface area (Å²) in [4.78, 5) is 14.5. The van der Waals surface area contributed by atoms with Gasteiger partial charge in [-0.15, -0.1) is 0 Å². The minimum atomic E-state index is 0.00248. The highest BCUT2D eigenvalue weighted by Crippen LogP contribution is 2.18. The number of hydrogen-bond acceptors (Lipinski definition) is 3. The Morgan fingerprint density at radius 2 is 2.35 bits per heavy atom. The van der Waals surface area contributed by atoms with Gasteiger partial charge in [0.25, 0.3) is 5.91 Å². The summed E-state index contributed by atoms with van der Waals surface area (Å²) in [6.45, 7) is 4.08. The number of aromatic nitrogens is 2. The second kappa shape index (κ2) is 7.15. The zero-order chi connectivity index (χ0) is 16.2. The molecule has 1 aliphatic heterocycles. The van der Waals surface area contributed by atoms with Crippen molar-refractivity contribution in [2.75, 3.05) is 19.7 Å². The van der Waals surface area contributed by atoms with Gasteiger partial charge < -0.3 is 9.64 Å².